The first-order chi connectivity index (χ1) is 11.2. The molecule has 1 fully saturated rings. The fraction of sp³-hybridized carbons (Fsp3) is 0.333. The van der Waals surface area contributed by atoms with Gasteiger partial charge < -0.3 is 19.4 Å². The van der Waals surface area contributed by atoms with Gasteiger partial charge in [-0.1, -0.05) is 30.3 Å². The molecule has 3 amide bonds. The number of imide groups is 1. The maximum atomic E-state index is 12.3. The zero-order valence-corrected chi connectivity index (χ0v) is 13.1. The van der Waals surface area contributed by atoms with Gasteiger partial charge in [-0.15, -0.1) is 0 Å². The number of quaternary nitrogens is 1. The summed E-state index contributed by atoms with van der Waals surface area (Å²) in [6, 6.07) is 8.86. The third kappa shape index (κ3) is 2.99. The topological polar surface area (TPSA) is 122 Å². The molecular weight excluding hydrogens is 320 g/mol. The van der Waals surface area contributed by atoms with E-state index < -0.39 is 34.1 Å². The summed E-state index contributed by atoms with van der Waals surface area (Å²) in [5.74, 6) is -4.31. The van der Waals surface area contributed by atoms with Crippen molar-refractivity contribution < 1.29 is 38.2 Å². The van der Waals surface area contributed by atoms with Crippen molar-refractivity contribution in [3.8, 4) is 0 Å². The number of nitrogens with zero attached hydrogens (tertiary/aromatic N) is 1. The average Bonchev–Trinajstić information content (AvgIpc) is 2.58. The van der Waals surface area contributed by atoms with Gasteiger partial charge in [0.15, 0.2) is 12.5 Å². The molecule has 24 heavy (non-hydrogen) atoms. The largest absolute Gasteiger partial charge is 0.537 e. The number of carboxylic acids is 1. The molecule has 2 atom stereocenters. The van der Waals surface area contributed by atoms with E-state index in [-0.39, 0.29) is 13.2 Å². The highest BCUT2D eigenvalue weighted by atomic mass is 16.6. The van der Waals surface area contributed by atoms with Gasteiger partial charge in [-0.2, -0.15) is 4.48 Å². The van der Waals surface area contributed by atoms with Gasteiger partial charge in [-0.25, -0.2) is 14.4 Å². The van der Waals surface area contributed by atoms with Crippen LogP contribution in [0.1, 0.15) is 5.56 Å². The van der Waals surface area contributed by atoms with Crippen molar-refractivity contribution in [2.45, 2.75) is 12.3 Å². The smallest absolute Gasteiger partial charge is 0.410 e. The minimum atomic E-state index is -1.98. The van der Waals surface area contributed by atoms with E-state index in [1.165, 1.54) is 0 Å². The molecule has 0 aromatic heterocycles. The number of aliphatic carboxylic acids is 1. The van der Waals surface area contributed by atoms with Crippen molar-refractivity contribution in [2.24, 2.45) is 0 Å². The molecule has 1 aliphatic heterocycles. The van der Waals surface area contributed by atoms with Crippen LogP contribution in [0.4, 0.5) is 4.79 Å². The van der Waals surface area contributed by atoms with Gasteiger partial charge in [0.05, 0.1) is 7.05 Å². The van der Waals surface area contributed by atoms with Gasteiger partial charge in [0.1, 0.15) is 6.61 Å². The van der Waals surface area contributed by atoms with Crippen LogP contribution in [0.15, 0.2) is 30.3 Å². The van der Waals surface area contributed by atoms with Crippen LogP contribution in [0.3, 0.4) is 0 Å². The molecule has 1 saturated heterocycles. The van der Waals surface area contributed by atoms with E-state index in [0.29, 0.717) is 0 Å². The maximum Gasteiger partial charge on any atom is 0.410 e. The molecule has 1 N–H and O–H groups in total. The van der Waals surface area contributed by atoms with E-state index in [2.05, 4.69) is 5.32 Å². The Morgan fingerprint density at radius 1 is 1.29 bits per heavy atom. The van der Waals surface area contributed by atoms with Crippen LogP contribution < -0.4 is 10.4 Å². The van der Waals surface area contributed by atoms with Crippen molar-refractivity contribution in [1.29, 1.82) is 0 Å². The molecule has 0 saturated carbocycles. The molecule has 9 heteroatoms. The lowest BCUT2D eigenvalue weighted by Crippen LogP contribution is -2.85. The Bertz CT molecular complexity index is 690. The number of hydrogen-bond donors (Lipinski definition) is 1. The molecule has 9 nitrogen and oxygen atoms in total. The highest BCUT2D eigenvalue weighted by Crippen LogP contribution is 2.31. The zero-order chi connectivity index (χ0) is 18.0. The molecule has 1 aromatic carbocycles. The van der Waals surface area contributed by atoms with Crippen LogP contribution in [0.5, 0.6) is 0 Å². The van der Waals surface area contributed by atoms with Gasteiger partial charge in [-0.3, -0.25) is 5.32 Å². The molecular formula is C15H16N2O7. The third-order valence-corrected chi connectivity index (χ3v) is 3.82. The Balaban J connectivity index is 2.00. The number of carboxylic acid groups (broad SMARTS) is 1. The van der Waals surface area contributed by atoms with Crippen molar-refractivity contribution in [1.82, 2.24) is 5.32 Å². The summed E-state index contributed by atoms with van der Waals surface area (Å²) in [5.41, 5.74) is -1.07. The Hall–Kier alpha value is -2.78. The predicted octanol–water partition coefficient (Wildman–Crippen LogP) is -1.48. The summed E-state index contributed by atoms with van der Waals surface area (Å²) in [4.78, 5) is 46.3. The first-order valence-electron chi connectivity index (χ1n) is 6.95. The number of amides is 3. The number of likely N-dealkylation sites (tertiary alicyclic amines) is 1. The minimum Gasteiger partial charge on any atom is -0.537 e. The van der Waals surface area contributed by atoms with Gasteiger partial charge in [0.25, 0.3) is 0 Å². The normalized spacial score (nSPS) is 25.5. The van der Waals surface area contributed by atoms with Crippen LogP contribution in [0, 0.1) is 0 Å². The summed E-state index contributed by atoms with van der Waals surface area (Å²) in [6.45, 7) is -0.402. The number of nitrogens with one attached hydrogen (secondary N) is 1. The number of rotatable bonds is 4. The van der Waals surface area contributed by atoms with E-state index in [1.54, 1.807) is 24.3 Å². The fourth-order valence-electron chi connectivity index (χ4n) is 2.48. The van der Waals surface area contributed by atoms with Crippen LogP contribution in [-0.2, 0) is 30.5 Å². The first-order valence-corrected chi connectivity index (χ1v) is 6.95. The van der Waals surface area contributed by atoms with E-state index in [4.69, 9.17) is 9.47 Å². The lowest BCUT2D eigenvalue weighted by molar-refractivity contribution is -0.804. The summed E-state index contributed by atoms with van der Waals surface area (Å²) >= 11 is 0. The number of methoxy groups -OCH3 is 1. The van der Waals surface area contributed by atoms with Crippen molar-refractivity contribution in [2.75, 3.05) is 20.7 Å². The second-order valence-electron chi connectivity index (χ2n) is 5.47. The van der Waals surface area contributed by atoms with E-state index in [9.17, 15) is 24.3 Å². The summed E-state index contributed by atoms with van der Waals surface area (Å²) in [6.07, 6.45) is -0.929. The predicted molar refractivity (Wildman–Crippen MR) is 75.6 cm³/mol. The van der Waals surface area contributed by atoms with Gasteiger partial charge in [-0.05, 0) is 5.56 Å². The lowest BCUT2D eigenvalue weighted by atomic mass is 9.98. The minimum absolute atomic E-state index is 0.0231. The third-order valence-electron chi connectivity index (χ3n) is 3.82. The quantitative estimate of drug-likeness (QED) is 0.308. The van der Waals surface area contributed by atoms with Crippen molar-refractivity contribution in [3.05, 3.63) is 35.9 Å². The molecule has 0 radical (unpaired) electrons. The molecule has 1 aromatic rings. The first kappa shape index (κ1) is 17.6. The molecule has 0 aliphatic carbocycles. The fourth-order valence-corrected chi connectivity index (χ4v) is 2.48. The standard InChI is InChI=1S/C15H16N2O7/c1-17(11(18)12(19)20)9-15(23-2,13(17)21)16-14(22)24-8-10-6-4-3-5-7-10/h3-7H,8-9H2,1-2H3,(H-,16,19,20,22). The van der Waals surface area contributed by atoms with Gasteiger partial charge >= 0.3 is 23.6 Å². The Labute approximate surface area is 137 Å². The second kappa shape index (κ2) is 6.38. The molecule has 2 unspecified atom stereocenters. The molecule has 128 valence electrons. The number of β-lactam (4-membered cyclic amide) rings is 1. The van der Waals surface area contributed by atoms with Gasteiger partial charge in [0.2, 0.25) is 0 Å². The van der Waals surface area contributed by atoms with Crippen LogP contribution in [-0.4, -0.2) is 54.8 Å². The summed E-state index contributed by atoms with van der Waals surface area (Å²) in [7, 11) is 2.26. The van der Waals surface area contributed by atoms with Gasteiger partial charge in [0, 0.05) is 7.11 Å². The van der Waals surface area contributed by atoms with Crippen LogP contribution in [0.25, 0.3) is 0 Å². The number of carbonyl (C=O) groups is 4. The number of ether oxygens (including phenoxy) is 2. The number of benzene rings is 1. The Kier molecular flexibility index (Phi) is 4.67. The lowest BCUT2D eigenvalue weighted by Gasteiger charge is -2.48. The number of carbonyl (C=O) groups excluding carboxylic acids is 4. The average molecular weight is 336 g/mol. The van der Waals surface area contributed by atoms with Crippen molar-refractivity contribution in [3.63, 3.8) is 0 Å². The Morgan fingerprint density at radius 2 is 1.92 bits per heavy atom. The summed E-state index contributed by atoms with van der Waals surface area (Å²) < 4.78 is 8.91. The molecule has 0 bridgehead atoms. The molecule has 0 spiro atoms. The van der Waals surface area contributed by atoms with E-state index >= 15 is 0 Å². The molecule has 2 rings (SSSR count). The molecule has 1 heterocycles. The highest BCUT2D eigenvalue weighted by molar-refractivity contribution is 6.29. The number of likely N-dealkylation sites (N-methyl/N-ethyl adjacent to an activating group) is 1. The molecule has 1 aliphatic rings. The van der Waals surface area contributed by atoms with Crippen LogP contribution in [0.2, 0.25) is 0 Å². The van der Waals surface area contributed by atoms with Crippen molar-refractivity contribution >= 4 is 23.9 Å². The monoisotopic (exact) mass is 336 g/mol. The highest BCUT2D eigenvalue weighted by Gasteiger charge is 2.70. The van der Waals surface area contributed by atoms with E-state index in [0.717, 1.165) is 19.7 Å². The van der Waals surface area contributed by atoms with E-state index in [1.807, 2.05) is 6.07 Å². The Morgan fingerprint density at radius 3 is 2.42 bits per heavy atom. The number of alkyl carbamates (subject to hydrolysis) is 1. The second-order valence-corrected chi connectivity index (χ2v) is 5.47. The zero-order valence-electron chi connectivity index (χ0n) is 13.1. The van der Waals surface area contributed by atoms with Crippen LogP contribution >= 0.6 is 0 Å². The number of hydrogen-bond acceptors (Lipinski definition) is 7. The maximum absolute atomic E-state index is 12.3. The SMILES string of the molecule is COC1(NC(=O)OCc2ccccc2)C[N+](C)(C(=O)C(=O)[O-])C1=O. The summed E-state index contributed by atoms with van der Waals surface area (Å²) in [5, 5.41) is 12.9.